The molecule has 0 spiro atoms. The Kier molecular flexibility index (Phi) is 8.69. The number of piperidine rings is 1. The first-order valence-electron chi connectivity index (χ1n) is 11.1. The third kappa shape index (κ3) is 6.96. The topological polar surface area (TPSA) is 124 Å². The molecule has 3 rings (SSSR count). The minimum Gasteiger partial charge on any atom is -0.465 e. The zero-order valence-corrected chi connectivity index (χ0v) is 20.0. The van der Waals surface area contributed by atoms with E-state index in [1.165, 1.54) is 31.4 Å². The molecule has 0 bridgehead atoms. The molecule has 1 aromatic carbocycles. The van der Waals surface area contributed by atoms with Gasteiger partial charge in [-0.1, -0.05) is 0 Å². The van der Waals surface area contributed by atoms with Gasteiger partial charge in [0.15, 0.2) is 6.61 Å². The number of aromatic nitrogens is 1. The van der Waals surface area contributed by atoms with E-state index in [9.17, 15) is 32.3 Å². The molecule has 0 aliphatic carbocycles. The highest BCUT2D eigenvalue weighted by Crippen LogP contribution is 2.30. The van der Waals surface area contributed by atoms with Crippen molar-refractivity contribution in [1.29, 1.82) is 0 Å². The summed E-state index contributed by atoms with van der Waals surface area (Å²) in [5.41, 5.74) is -0.798. The lowest BCUT2D eigenvalue weighted by Gasteiger charge is -2.31. The lowest BCUT2D eigenvalue weighted by molar-refractivity contribution is -0.152. The number of amides is 1. The molecule has 0 saturated carbocycles. The summed E-state index contributed by atoms with van der Waals surface area (Å²) in [6, 6.07) is 6.10. The van der Waals surface area contributed by atoms with Crippen LogP contribution in [0.1, 0.15) is 39.1 Å². The number of carbonyl (C=O) groups excluding carboxylic acids is 4. The zero-order chi connectivity index (χ0) is 27.2. The second kappa shape index (κ2) is 11.7. The van der Waals surface area contributed by atoms with Crippen molar-refractivity contribution in [3.63, 3.8) is 0 Å². The number of benzene rings is 1. The Balaban J connectivity index is 1.53. The van der Waals surface area contributed by atoms with Crippen LogP contribution in [-0.2, 0) is 30.0 Å². The number of hydrogen-bond acceptors (Lipinski definition) is 9. The summed E-state index contributed by atoms with van der Waals surface area (Å²) >= 11 is 0. The van der Waals surface area contributed by atoms with Crippen LogP contribution in [0.15, 0.2) is 36.5 Å². The minimum absolute atomic E-state index is 0.0147. The van der Waals surface area contributed by atoms with Crippen molar-refractivity contribution in [2.24, 2.45) is 5.92 Å². The van der Waals surface area contributed by atoms with Crippen LogP contribution < -0.4 is 10.2 Å². The molecule has 13 heteroatoms. The molecular formula is C24H24F3N3O7. The van der Waals surface area contributed by atoms with Gasteiger partial charge in [0.25, 0.3) is 5.91 Å². The van der Waals surface area contributed by atoms with Gasteiger partial charge in [-0.25, -0.2) is 14.6 Å². The van der Waals surface area contributed by atoms with Gasteiger partial charge in [0.1, 0.15) is 5.82 Å². The van der Waals surface area contributed by atoms with Gasteiger partial charge >= 0.3 is 24.1 Å². The average molecular weight is 523 g/mol. The minimum atomic E-state index is -4.47. The van der Waals surface area contributed by atoms with Crippen LogP contribution in [0.4, 0.5) is 24.7 Å². The van der Waals surface area contributed by atoms with Gasteiger partial charge in [0, 0.05) is 19.3 Å². The highest BCUT2D eigenvalue weighted by Gasteiger charge is 2.32. The maximum Gasteiger partial charge on any atom is 0.417 e. The van der Waals surface area contributed by atoms with Gasteiger partial charge in [-0.2, -0.15) is 13.2 Å². The van der Waals surface area contributed by atoms with E-state index >= 15 is 0 Å². The van der Waals surface area contributed by atoms with Crippen LogP contribution in [0.5, 0.6) is 0 Å². The number of ether oxygens (including phenoxy) is 3. The van der Waals surface area contributed by atoms with Gasteiger partial charge in [0.2, 0.25) is 0 Å². The molecule has 2 aromatic rings. The third-order valence-electron chi connectivity index (χ3n) is 5.69. The van der Waals surface area contributed by atoms with Gasteiger partial charge in [0.05, 0.1) is 42.5 Å². The molecule has 1 amide bonds. The Morgan fingerprint density at radius 1 is 1.03 bits per heavy atom. The van der Waals surface area contributed by atoms with E-state index in [2.05, 4.69) is 19.8 Å². The van der Waals surface area contributed by atoms with Gasteiger partial charge in [-0.15, -0.1) is 0 Å². The van der Waals surface area contributed by atoms with Gasteiger partial charge in [-0.3, -0.25) is 9.59 Å². The lowest BCUT2D eigenvalue weighted by Crippen LogP contribution is -2.38. The number of carbonyl (C=O) groups is 4. The molecule has 1 aromatic heterocycles. The van der Waals surface area contributed by atoms with Crippen LogP contribution in [-0.4, -0.2) is 62.7 Å². The van der Waals surface area contributed by atoms with E-state index in [0.29, 0.717) is 31.7 Å². The number of alkyl halides is 3. The van der Waals surface area contributed by atoms with Gasteiger partial charge in [-0.05, 0) is 43.2 Å². The first-order valence-corrected chi connectivity index (χ1v) is 11.1. The van der Waals surface area contributed by atoms with Crippen LogP contribution in [0.2, 0.25) is 0 Å². The summed E-state index contributed by atoms with van der Waals surface area (Å²) in [7, 11) is 2.33. The molecule has 1 N–H and O–H groups in total. The van der Waals surface area contributed by atoms with Crippen molar-refractivity contribution in [2.45, 2.75) is 19.0 Å². The number of nitrogens with one attached hydrogen (secondary N) is 1. The van der Waals surface area contributed by atoms with Crippen molar-refractivity contribution in [3.05, 3.63) is 53.2 Å². The summed E-state index contributed by atoms with van der Waals surface area (Å²) in [4.78, 5) is 54.3. The van der Waals surface area contributed by atoms with E-state index in [1.807, 2.05) is 0 Å². The number of anilines is 2. The van der Waals surface area contributed by atoms with Crippen molar-refractivity contribution >= 4 is 35.3 Å². The third-order valence-corrected chi connectivity index (χ3v) is 5.69. The molecule has 37 heavy (non-hydrogen) atoms. The Hall–Kier alpha value is -4.16. The molecule has 10 nitrogen and oxygen atoms in total. The van der Waals surface area contributed by atoms with E-state index in [0.717, 1.165) is 19.4 Å². The van der Waals surface area contributed by atoms with E-state index in [4.69, 9.17) is 4.74 Å². The van der Waals surface area contributed by atoms with Crippen molar-refractivity contribution in [1.82, 2.24) is 4.98 Å². The maximum atomic E-state index is 12.7. The predicted molar refractivity (Wildman–Crippen MR) is 123 cm³/mol. The Bertz CT molecular complexity index is 1160. The molecule has 0 unspecified atom stereocenters. The largest absolute Gasteiger partial charge is 0.465 e. The number of rotatable bonds is 7. The van der Waals surface area contributed by atoms with E-state index in [-0.39, 0.29) is 16.8 Å². The highest BCUT2D eigenvalue weighted by atomic mass is 19.4. The second-order valence-electron chi connectivity index (χ2n) is 8.06. The van der Waals surface area contributed by atoms with E-state index < -0.39 is 48.1 Å². The second-order valence-corrected chi connectivity index (χ2v) is 8.06. The summed E-state index contributed by atoms with van der Waals surface area (Å²) in [6.45, 7) is 0.100. The number of esters is 3. The molecule has 0 atom stereocenters. The summed E-state index contributed by atoms with van der Waals surface area (Å²) in [6.07, 6.45) is -2.99. The molecule has 2 heterocycles. The number of hydrogen-bond donors (Lipinski definition) is 1. The maximum absolute atomic E-state index is 12.7. The van der Waals surface area contributed by atoms with Crippen LogP contribution >= 0.6 is 0 Å². The van der Waals surface area contributed by atoms with Crippen molar-refractivity contribution in [2.75, 3.05) is 44.1 Å². The van der Waals surface area contributed by atoms with Crippen LogP contribution in [0.3, 0.4) is 0 Å². The fraction of sp³-hybridized carbons (Fsp3) is 0.375. The fourth-order valence-corrected chi connectivity index (χ4v) is 3.71. The molecule has 1 aliphatic rings. The summed E-state index contributed by atoms with van der Waals surface area (Å²) in [5.74, 6) is -2.92. The van der Waals surface area contributed by atoms with Crippen LogP contribution in [0, 0.1) is 5.92 Å². The Morgan fingerprint density at radius 2 is 1.70 bits per heavy atom. The van der Waals surface area contributed by atoms with Crippen molar-refractivity contribution < 1.29 is 46.6 Å². The standard InChI is InChI=1S/C24H24F3N3O7/c1-35-21(32)15-3-5-17(23(34)36-2)18(11-15)29-20(31)13-37-22(33)14-7-9-30(10-8-14)19-6-4-16(12-28-19)24(25,26)27/h3-6,11-12,14H,7-10,13H2,1-2H3,(H,29,31). The molecule has 1 saturated heterocycles. The van der Waals surface area contributed by atoms with Gasteiger partial charge < -0.3 is 24.4 Å². The normalized spacial score (nSPS) is 14.0. The molecule has 1 fully saturated rings. The highest BCUT2D eigenvalue weighted by molar-refractivity contribution is 6.04. The lowest BCUT2D eigenvalue weighted by atomic mass is 9.97. The number of pyridine rings is 1. The average Bonchev–Trinajstić information content (AvgIpc) is 2.90. The SMILES string of the molecule is COC(=O)c1ccc(C(=O)OC)c(NC(=O)COC(=O)C2CCN(c3ccc(C(F)(F)F)cn3)CC2)c1. The quantitative estimate of drug-likeness (QED) is 0.431. The number of nitrogens with zero attached hydrogens (tertiary/aromatic N) is 2. The number of methoxy groups -OCH3 is 2. The van der Waals surface area contributed by atoms with E-state index in [1.54, 1.807) is 4.90 Å². The first-order chi connectivity index (χ1) is 17.5. The molecule has 198 valence electrons. The Morgan fingerprint density at radius 3 is 2.27 bits per heavy atom. The van der Waals surface area contributed by atoms with Crippen molar-refractivity contribution in [3.8, 4) is 0 Å². The predicted octanol–water partition coefficient (Wildman–Crippen LogP) is 3.07. The molecular weight excluding hydrogens is 499 g/mol. The fourth-order valence-electron chi connectivity index (χ4n) is 3.71. The Labute approximate surface area is 209 Å². The smallest absolute Gasteiger partial charge is 0.417 e. The monoisotopic (exact) mass is 523 g/mol. The van der Waals surface area contributed by atoms with Crippen LogP contribution in [0.25, 0.3) is 0 Å². The molecule has 0 radical (unpaired) electrons. The molecule has 1 aliphatic heterocycles. The summed E-state index contributed by atoms with van der Waals surface area (Å²) < 4.78 is 52.6. The summed E-state index contributed by atoms with van der Waals surface area (Å²) in [5, 5.41) is 2.43. The number of halogens is 3. The zero-order valence-electron chi connectivity index (χ0n) is 20.0. The first kappa shape index (κ1) is 27.4.